The predicted molar refractivity (Wildman–Crippen MR) is 84.1 cm³/mol. The van der Waals surface area contributed by atoms with Crippen molar-refractivity contribution < 1.29 is 4.79 Å². The number of thioether (sulfide) groups is 1. The van der Waals surface area contributed by atoms with Gasteiger partial charge in [0.15, 0.2) is 5.16 Å². The van der Waals surface area contributed by atoms with Gasteiger partial charge >= 0.3 is 0 Å². The summed E-state index contributed by atoms with van der Waals surface area (Å²) in [4.78, 5) is 25.9. The van der Waals surface area contributed by atoms with Gasteiger partial charge in [0.2, 0.25) is 11.7 Å². The molecular weight excluding hydrogens is 302 g/mol. The van der Waals surface area contributed by atoms with Crippen LogP contribution in [0.1, 0.15) is 5.69 Å². The third-order valence-electron chi connectivity index (χ3n) is 2.95. The highest BCUT2D eigenvalue weighted by Crippen LogP contribution is 2.17. The molecule has 0 bridgehead atoms. The van der Waals surface area contributed by atoms with E-state index in [-0.39, 0.29) is 17.2 Å². The minimum Gasteiger partial charge on any atom is -0.325 e. The van der Waals surface area contributed by atoms with Gasteiger partial charge in [-0.2, -0.15) is 0 Å². The lowest BCUT2D eigenvalue weighted by molar-refractivity contribution is -0.113. The average molecular weight is 315 g/mol. The molecule has 1 aromatic carbocycles. The fourth-order valence-electron chi connectivity index (χ4n) is 2.01. The number of rotatable bonds is 4. The molecule has 0 atom stereocenters. The SMILES string of the molecule is Cc1cc(=O)[nH]c2nnc(SCC(=O)Nc3ccccc3)n12. The molecule has 112 valence electrons. The lowest BCUT2D eigenvalue weighted by Gasteiger charge is -2.05. The highest BCUT2D eigenvalue weighted by atomic mass is 32.2. The van der Waals surface area contributed by atoms with Crippen molar-refractivity contribution in [1.82, 2.24) is 19.6 Å². The number of hydrogen-bond acceptors (Lipinski definition) is 5. The summed E-state index contributed by atoms with van der Waals surface area (Å²) in [5.74, 6) is 0.444. The average Bonchev–Trinajstić information content (AvgIpc) is 2.89. The lowest BCUT2D eigenvalue weighted by Crippen LogP contribution is -2.14. The van der Waals surface area contributed by atoms with Crippen molar-refractivity contribution in [3.63, 3.8) is 0 Å². The van der Waals surface area contributed by atoms with Crippen LogP contribution in [-0.2, 0) is 4.79 Å². The second-order valence-corrected chi connectivity index (χ2v) is 5.56. The fourth-order valence-corrected chi connectivity index (χ4v) is 2.80. The van der Waals surface area contributed by atoms with Crippen LogP contribution in [0.3, 0.4) is 0 Å². The number of carbonyl (C=O) groups excluding carboxylic acids is 1. The largest absolute Gasteiger partial charge is 0.325 e. The number of aryl methyl sites for hydroxylation is 1. The van der Waals surface area contributed by atoms with E-state index < -0.39 is 0 Å². The van der Waals surface area contributed by atoms with Gasteiger partial charge < -0.3 is 5.32 Å². The van der Waals surface area contributed by atoms with Crippen LogP contribution < -0.4 is 10.9 Å². The Labute approximate surface area is 129 Å². The van der Waals surface area contributed by atoms with Crippen LogP contribution in [0.2, 0.25) is 0 Å². The van der Waals surface area contributed by atoms with Gasteiger partial charge in [0, 0.05) is 17.4 Å². The summed E-state index contributed by atoms with van der Waals surface area (Å²) in [5.41, 5.74) is 1.24. The first kappa shape index (κ1) is 14.3. The first-order valence-electron chi connectivity index (χ1n) is 6.56. The third kappa shape index (κ3) is 3.01. The predicted octanol–water partition coefficient (Wildman–Crippen LogP) is 1.46. The number of carbonyl (C=O) groups is 1. The molecule has 0 fully saturated rings. The van der Waals surface area contributed by atoms with Gasteiger partial charge in [0.1, 0.15) is 0 Å². The molecule has 7 nitrogen and oxygen atoms in total. The van der Waals surface area contributed by atoms with Crippen molar-refractivity contribution in [3.05, 3.63) is 52.4 Å². The van der Waals surface area contributed by atoms with E-state index in [2.05, 4.69) is 20.5 Å². The molecule has 2 heterocycles. The summed E-state index contributed by atoms with van der Waals surface area (Å²) < 4.78 is 1.71. The van der Waals surface area contributed by atoms with Crippen molar-refractivity contribution in [2.45, 2.75) is 12.1 Å². The van der Waals surface area contributed by atoms with E-state index in [1.54, 1.807) is 11.3 Å². The smallest absolute Gasteiger partial charge is 0.252 e. The zero-order chi connectivity index (χ0) is 15.5. The number of benzene rings is 1. The summed E-state index contributed by atoms with van der Waals surface area (Å²) in [6.45, 7) is 1.79. The molecule has 3 aromatic rings. The van der Waals surface area contributed by atoms with Crippen LogP contribution in [-0.4, -0.2) is 31.2 Å². The number of anilines is 1. The molecule has 3 rings (SSSR count). The number of amides is 1. The number of fused-ring (bicyclic) bond motifs is 1. The number of hydrogen-bond donors (Lipinski definition) is 2. The fraction of sp³-hybridized carbons (Fsp3) is 0.143. The Morgan fingerprint density at radius 3 is 2.86 bits per heavy atom. The van der Waals surface area contributed by atoms with Gasteiger partial charge in [-0.3, -0.25) is 19.0 Å². The van der Waals surface area contributed by atoms with E-state index in [9.17, 15) is 9.59 Å². The first-order valence-corrected chi connectivity index (χ1v) is 7.55. The molecule has 1 amide bonds. The normalized spacial score (nSPS) is 10.8. The van der Waals surface area contributed by atoms with Crippen LogP contribution >= 0.6 is 11.8 Å². The Morgan fingerprint density at radius 2 is 2.09 bits per heavy atom. The number of nitrogens with zero attached hydrogens (tertiary/aromatic N) is 3. The molecule has 0 saturated heterocycles. The number of aromatic amines is 1. The van der Waals surface area contributed by atoms with Crippen LogP contribution in [0.4, 0.5) is 5.69 Å². The maximum absolute atomic E-state index is 11.9. The Morgan fingerprint density at radius 1 is 1.32 bits per heavy atom. The van der Waals surface area contributed by atoms with Crippen molar-refractivity contribution in [3.8, 4) is 0 Å². The quantitative estimate of drug-likeness (QED) is 0.711. The van der Waals surface area contributed by atoms with Crippen molar-refractivity contribution in [2.24, 2.45) is 0 Å². The van der Waals surface area contributed by atoms with Crippen LogP contribution in [0, 0.1) is 6.92 Å². The molecule has 22 heavy (non-hydrogen) atoms. The Kier molecular flexibility index (Phi) is 3.92. The number of para-hydroxylation sites is 1. The number of aromatic nitrogens is 4. The Bertz CT molecular complexity index is 872. The van der Waals surface area contributed by atoms with Crippen molar-refractivity contribution in [1.29, 1.82) is 0 Å². The minimum absolute atomic E-state index is 0.130. The molecule has 0 saturated carbocycles. The molecule has 8 heteroatoms. The number of H-pyrrole nitrogens is 1. The molecule has 2 aromatic heterocycles. The molecule has 0 aliphatic heterocycles. The van der Waals surface area contributed by atoms with E-state index in [0.717, 1.165) is 11.4 Å². The van der Waals surface area contributed by atoms with Gasteiger partial charge in [-0.1, -0.05) is 30.0 Å². The van der Waals surface area contributed by atoms with Gasteiger partial charge in [-0.05, 0) is 19.1 Å². The van der Waals surface area contributed by atoms with E-state index in [1.165, 1.54) is 17.8 Å². The van der Waals surface area contributed by atoms with Crippen molar-refractivity contribution >= 4 is 29.1 Å². The summed E-state index contributed by atoms with van der Waals surface area (Å²) in [6, 6.07) is 10.7. The maximum Gasteiger partial charge on any atom is 0.252 e. The highest BCUT2D eigenvalue weighted by Gasteiger charge is 2.11. The van der Waals surface area contributed by atoms with E-state index in [1.807, 2.05) is 30.3 Å². The van der Waals surface area contributed by atoms with Crippen LogP contribution in [0.15, 0.2) is 46.3 Å². The summed E-state index contributed by atoms with van der Waals surface area (Å²) in [6.07, 6.45) is 0. The first-order chi connectivity index (χ1) is 10.6. The maximum atomic E-state index is 11.9. The van der Waals surface area contributed by atoms with Gasteiger partial charge in [-0.25, -0.2) is 0 Å². The standard InChI is InChI=1S/C14H13N5O2S/c1-9-7-11(20)16-13-17-18-14(19(9)13)22-8-12(21)15-10-5-3-2-4-6-10/h2-7H,8H2,1H3,(H,15,21)(H,16,17,20). The summed E-state index contributed by atoms with van der Waals surface area (Å²) in [5, 5.41) is 11.3. The van der Waals surface area contributed by atoms with Crippen LogP contribution in [0.25, 0.3) is 5.78 Å². The molecule has 0 aliphatic rings. The number of nitrogens with one attached hydrogen (secondary N) is 2. The Balaban J connectivity index is 1.72. The molecule has 2 N–H and O–H groups in total. The third-order valence-corrected chi connectivity index (χ3v) is 3.88. The van der Waals surface area contributed by atoms with E-state index in [0.29, 0.717) is 10.9 Å². The van der Waals surface area contributed by atoms with Gasteiger partial charge in [-0.15, -0.1) is 10.2 Å². The van der Waals surface area contributed by atoms with Gasteiger partial charge in [0.25, 0.3) is 5.56 Å². The Hall–Kier alpha value is -2.61. The van der Waals surface area contributed by atoms with Crippen molar-refractivity contribution in [2.75, 3.05) is 11.1 Å². The zero-order valence-electron chi connectivity index (χ0n) is 11.7. The van der Waals surface area contributed by atoms with E-state index in [4.69, 9.17) is 0 Å². The van der Waals surface area contributed by atoms with Gasteiger partial charge in [0.05, 0.1) is 5.75 Å². The van der Waals surface area contributed by atoms with Crippen LogP contribution in [0.5, 0.6) is 0 Å². The highest BCUT2D eigenvalue weighted by molar-refractivity contribution is 7.99. The second kappa shape index (κ2) is 6.02. The zero-order valence-corrected chi connectivity index (χ0v) is 12.6. The molecule has 0 aliphatic carbocycles. The summed E-state index contributed by atoms with van der Waals surface area (Å²) >= 11 is 1.26. The van der Waals surface area contributed by atoms with E-state index >= 15 is 0 Å². The molecule has 0 spiro atoms. The molecule has 0 radical (unpaired) electrons. The second-order valence-electron chi connectivity index (χ2n) is 4.62. The lowest BCUT2D eigenvalue weighted by atomic mass is 10.3. The monoisotopic (exact) mass is 315 g/mol. The minimum atomic E-state index is -0.226. The topological polar surface area (TPSA) is 92.2 Å². The summed E-state index contributed by atoms with van der Waals surface area (Å²) in [7, 11) is 0. The molecule has 0 unspecified atom stereocenters. The molecular formula is C14H13N5O2S.